The van der Waals surface area contributed by atoms with Crippen LogP contribution < -0.4 is 5.32 Å². The molecular weight excluding hydrogens is 202 g/mol. The Balaban J connectivity index is 1.97. The molecule has 1 heterocycles. The van der Waals surface area contributed by atoms with Crippen LogP contribution in [-0.2, 0) is 13.6 Å². The summed E-state index contributed by atoms with van der Waals surface area (Å²) in [5, 5.41) is 2.84. The third kappa shape index (κ3) is 2.28. The Bertz CT molecular complexity index is 476. The molecule has 0 unspecified atom stereocenters. The number of hydrogen-bond acceptors (Lipinski definition) is 2. The number of nitrogens with one attached hydrogen (secondary N) is 1. The molecule has 0 atom stereocenters. The largest absolute Gasteiger partial charge is 0.346 e. The first-order valence-corrected chi connectivity index (χ1v) is 5.06. The zero-order chi connectivity index (χ0) is 11.4. The van der Waals surface area contributed by atoms with E-state index in [9.17, 15) is 4.79 Å². The zero-order valence-electron chi connectivity index (χ0n) is 9.05. The van der Waals surface area contributed by atoms with E-state index < -0.39 is 0 Å². The Hall–Kier alpha value is -2.10. The van der Waals surface area contributed by atoms with Crippen molar-refractivity contribution in [3.63, 3.8) is 0 Å². The van der Waals surface area contributed by atoms with Crippen LogP contribution in [-0.4, -0.2) is 15.5 Å². The predicted octanol–water partition coefficient (Wildman–Crippen LogP) is 1.35. The van der Waals surface area contributed by atoms with E-state index in [2.05, 4.69) is 10.3 Å². The third-order valence-electron chi connectivity index (χ3n) is 2.38. The van der Waals surface area contributed by atoms with E-state index in [0.717, 1.165) is 5.69 Å². The van der Waals surface area contributed by atoms with Crippen molar-refractivity contribution < 1.29 is 4.79 Å². The molecule has 0 aliphatic rings. The van der Waals surface area contributed by atoms with Gasteiger partial charge in [0.15, 0.2) is 0 Å². The molecule has 2 rings (SSSR count). The molecule has 0 fully saturated rings. The summed E-state index contributed by atoms with van der Waals surface area (Å²) in [4.78, 5) is 15.7. The van der Waals surface area contributed by atoms with E-state index in [1.54, 1.807) is 24.7 Å². The van der Waals surface area contributed by atoms with Gasteiger partial charge in [-0.2, -0.15) is 0 Å². The maximum Gasteiger partial charge on any atom is 0.251 e. The van der Waals surface area contributed by atoms with E-state index in [1.165, 1.54) is 0 Å². The highest BCUT2D eigenvalue weighted by molar-refractivity contribution is 5.93. The highest BCUT2D eigenvalue weighted by atomic mass is 16.1. The summed E-state index contributed by atoms with van der Waals surface area (Å²) in [6.07, 6.45) is 3.45. The first-order chi connectivity index (χ1) is 7.77. The number of amides is 1. The quantitative estimate of drug-likeness (QED) is 0.840. The average molecular weight is 215 g/mol. The normalized spacial score (nSPS) is 10.1. The average Bonchev–Trinajstić information content (AvgIpc) is 2.73. The molecule has 0 spiro atoms. The topological polar surface area (TPSA) is 46.9 Å². The SMILES string of the molecule is Cn1cncc1CNC(=O)c1ccccc1. The van der Waals surface area contributed by atoms with Gasteiger partial charge in [-0.1, -0.05) is 18.2 Å². The first kappa shape index (κ1) is 10.4. The number of nitrogens with zero attached hydrogens (tertiary/aromatic N) is 2. The lowest BCUT2D eigenvalue weighted by atomic mass is 10.2. The van der Waals surface area contributed by atoms with Crippen molar-refractivity contribution in [3.8, 4) is 0 Å². The number of hydrogen-bond donors (Lipinski definition) is 1. The van der Waals surface area contributed by atoms with Gasteiger partial charge in [-0.05, 0) is 12.1 Å². The Morgan fingerprint density at radius 3 is 2.75 bits per heavy atom. The van der Waals surface area contributed by atoms with Crippen LogP contribution in [0.4, 0.5) is 0 Å². The molecule has 0 bridgehead atoms. The zero-order valence-corrected chi connectivity index (χ0v) is 9.05. The van der Waals surface area contributed by atoms with Crippen molar-refractivity contribution in [2.45, 2.75) is 6.54 Å². The minimum absolute atomic E-state index is 0.0678. The molecular formula is C12H13N3O. The fraction of sp³-hybridized carbons (Fsp3) is 0.167. The highest BCUT2D eigenvalue weighted by Crippen LogP contribution is 2.00. The van der Waals surface area contributed by atoms with E-state index in [1.807, 2.05) is 29.8 Å². The van der Waals surface area contributed by atoms with Crippen LogP contribution in [0.25, 0.3) is 0 Å². The monoisotopic (exact) mass is 215 g/mol. The molecule has 1 aromatic carbocycles. The molecule has 0 aliphatic heterocycles. The molecule has 16 heavy (non-hydrogen) atoms. The lowest BCUT2D eigenvalue weighted by Gasteiger charge is -2.05. The van der Waals surface area contributed by atoms with Gasteiger partial charge in [0.25, 0.3) is 5.91 Å². The van der Waals surface area contributed by atoms with Crippen LogP contribution in [0.1, 0.15) is 16.1 Å². The summed E-state index contributed by atoms with van der Waals surface area (Å²) < 4.78 is 1.88. The Labute approximate surface area is 93.9 Å². The minimum atomic E-state index is -0.0678. The first-order valence-electron chi connectivity index (χ1n) is 5.06. The van der Waals surface area contributed by atoms with Crippen LogP contribution >= 0.6 is 0 Å². The van der Waals surface area contributed by atoms with Crippen molar-refractivity contribution in [3.05, 3.63) is 54.1 Å². The molecule has 1 aromatic heterocycles. The Morgan fingerprint density at radius 2 is 2.12 bits per heavy atom. The molecule has 82 valence electrons. The van der Waals surface area contributed by atoms with Gasteiger partial charge in [0, 0.05) is 18.8 Å². The fourth-order valence-electron chi connectivity index (χ4n) is 1.42. The highest BCUT2D eigenvalue weighted by Gasteiger charge is 2.05. The van der Waals surface area contributed by atoms with Gasteiger partial charge < -0.3 is 9.88 Å². The van der Waals surface area contributed by atoms with Crippen molar-refractivity contribution in [2.24, 2.45) is 7.05 Å². The molecule has 4 heteroatoms. The number of benzene rings is 1. The van der Waals surface area contributed by atoms with Crippen molar-refractivity contribution >= 4 is 5.91 Å². The van der Waals surface area contributed by atoms with Gasteiger partial charge in [0.1, 0.15) is 0 Å². The third-order valence-corrected chi connectivity index (χ3v) is 2.38. The summed E-state index contributed by atoms with van der Waals surface area (Å²) in [6, 6.07) is 9.16. The molecule has 0 radical (unpaired) electrons. The molecule has 0 aliphatic carbocycles. The second kappa shape index (κ2) is 4.61. The lowest BCUT2D eigenvalue weighted by Crippen LogP contribution is -2.23. The van der Waals surface area contributed by atoms with Gasteiger partial charge in [0.2, 0.25) is 0 Å². The number of carbonyl (C=O) groups excluding carboxylic acids is 1. The summed E-state index contributed by atoms with van der Waals surface area (Å²) in [5.74, 6) is -0.0678. The summed E-state index contributed by atoms with van der Waals surface area (Å²) in [7, 11) is 1.90. The van der Waals surface area contributed by atoms with Gasteiger partial charge in [-0.3, -0.25) is 4.79 Å². The number of imidazole rings is 1. The van der Waals surface area contributed by atoms with E-state index in [4.69, 9.17) is 0 Å². The number of rotatable bonds is 3. The van der Waals surface area contributed by atoms with Crippen LogP contribution in [0.5, 0.6) is 0 Å². The van der Waals surface area contributed by atoms with E-state index in [0.29, 0.717) is 12.1 Å². The fourth-order valence-corrected chi connectivity index (χ4v) is 1.42. The Kier molecular flexibility index (Phi) is 3.00. The molecule has 4 nitrogen and oxygen atoms in total. The molecule has 0 saturated carbocycles. The van der Waals surface area contributed by atoms with Crippen LogP contribution in [0.2, 0.25) is 0 Å². The molecule has 0 saturated heterocycles. The molecule has 1 amide bonds. The van der Waals surface area contributed by atoms with Gasteiger partial charge >= 0.3 is 0 Å². The van der Waals surface area contributed by atoms with Crippen LogP contribution in [0.3, 0.4) is 0 Å². The van der Waals surface area contributed by atoms with E-state index >= 15 is 0 Å². The summed E-state index contributed by atoms with van der Waals surface area (Å²) in [6.45, 7) is 0.490. The number of carbonyl (C=O) groups is 1. The standard InChI is InChI=1S/C12H13N3O/c1-15-9-13-7-11(15)8-14-12(16)10-5-3-2-4-6-10/h2-7,9H,8H2,1H3,(H,14,16). The van der Waals surface area contributed by atoms with E-state index in [-0.39, 0.29) is 5.91 Å². The van der Waals surface area contributed by atoms with Gasteiger partial charge in [0.05, 0.1) is 18.6 Å². The van der Waals surface area contributed by atoms with Crippen molar-refractivity contribution in [1.29, 1.82) is 0 Å². The predicted molar refractivity (Wildman–Crippen MR) is 60.8 cm³/mol. The van der Waals surface area contributed by atoms with Gasteiger partial charge in [-0.25, -0.2) is 4.98 Å². The Morgan fingerprint density at radius 1 is 1.38 bits per heavy atom. The molecule has 2 aromatic rings. The van der Waals surface area contributed by atoms with Crippen LogP contribution in [0, 0.1) is 0 Å². The van der Waals surface area contributed by atoms with Gasteiger partial charge in [-0.15, -0.1) is 0 Å². The number of aromatic nitrogens is 2. The smallest absolute Gasteiger partial charge is 0.251 e. The van der Waals surface area contributed by atoms with Crippen molar-refractivity contribution in [2.75, 3.05) is 0 Å². The second-order valence-corrected chi connectivity index (χ2v) is 3.54. The number of aryl methyl sites for hydroxylation is 1. The van der Waals surface area contributed by atoms with Crippen LogP contribution in [0.15, 0.2) is 42.9 Å². The molecule has 1 N–H and O–H groups in total. The lowest BCUT2D eigenvalue weighted by molar-refractivity contribution is 0.0950. The summed E-state index contributed by atoms with van der Waals surface area (Å²) >= 11 is 0. The minimum Gasteiger partial charge on any atom is -0.346 e. The summed E-state index contributed by atoms with van der Waals surface area (Å²) in [5.41, 5.74) is 1.65. The second-order valence-electron chi connectivity index (χ2n) is 3.54. The maximum absolute atomic E-state index is 11.7. The van der Waals surface area contributed by atoms with Crippen molar-refractivity contribution in [1.82, 2.24) is 14.9 Å². The maximum atomic E-state index is 11.7.